The zero-order valence-corrected chi connectivity index (χ0v) is 20.4. The number of anilines is 2. The summed E-state index contributed by atoms with van der Waals surface area (Å²) >= 11 is 0. The van der Waals surface area contributed by atoms with Crippen molar-refractivity contribution in [3.63, 3.8) is 0 Å². The molecule has 0 aliphatic carbocycles. The van der Waals surface area contributed by atoms with Crippen molar-refractivity contribution in [3.8, 4) is 0 Å². The molecule has 2 aromatic rings. The number of non-ortho nitro benzene ring substituents is 2. The summed E-state index contributed by atoms with van der Waals surface area (Å²) < 4.78 is 27.9. The molecule has 0 amide bonds. The summed E-state index contributed by atoms with van der Waals surface area (Å²) in [5.74, 6) is 0. The standard InChI is InChI=1S/C22H28N6O6S/c1-3-25(4-2)21-11-9-18(27(29)30)14-17(21)16-23-24-20-10-8-19(28(31)32)15-22(20)35(33,34)26-12-6-5-7-13-26/h8-11,14-16,24H,3-7,12-13H2,1-2H3/b23-16-. The second kappa shape index (κ2) is 11.2. The van der Waals surface area contributed by atoms with Crippen molar-refractivity contribution in [2.75, 3.05) is 36.5 Å². The third-order valence-electron chi connectivity index (χ3n) is 5.82. The largest absolute Gasteiger partial charge is 0.372 e. The van der Waals surface area contributed by atoms with Crippen LogP contribution < -0.4 is 10.3 Å². The van der Waals surface area contributed by atoms with Gasteiger partial charge in [0, 0.05) is 61.7 Å². The summed E-state index contributed by atoms with van der Waals surface area (Å²) in [6, 6.07) is 7.96. The molecule has 0 bridgehead atoms. The summed E-state index contributed by atoms with van der Waals surface area (Å²) in [5, 5.41) is 26.7. The molecular weight excluding hydrogens is 476 g/mol. The van der Waals surface area contributed by atoms with Gasteiger partial charge in [-0.3, -0.25) is 25.7 Å². The Balaban J connectivity index is 1.99. The Morgan fingerprint density at radius 2 is 1.60 bits per heavy atom. The van der Waals surface area contributed by atoms with Crippen LogP contribution >= 0.6 is 0 Å². The lowest BCUT2D eigenvalue weighted by molar-refractivity contribution is -0.385. The summed E-state index contributed by atoms with van der Waals surface area (Å²) in [6.07, 6.45) is 3.74. The molecule has 12 nitrogen and oxygen atoms in total. The molecule has 1 aliphatic rings. The van der Waals surface area contributed by atoms with E-state index >= 15 is 0 Å². The minimum Gasteiger partial charge on any atom is -0.372 e. The lowest BCUT2D eigenvalue weighted by Gasteiger charge is -2.26. The van der Waals surface area contributed by atoms with Crippen LogP contribution in [0.4, 0.5) is 22.7 Å². The summed E-state index contributed by atoms with van der Waals surface area (Å²) in [4.78, 5) is 23.2. The molecule has 13 heteroatoms. The van der Waals surface area contributed by atoms with Gasteiger partial charge in [-0.2, -0.15) is 9.41 Å². The molecule has 0 radical (unpaired) electrons. The van der Waals surface area contributed by atoms with E-state index in [2.05, 4.69) is 10.5 Å². The van der Waals surface area contributed by atoms with Gasteiger partial charge in [-0.25, -0.2) is 8.42 Å². The smallest absolute Gasteiger partial charge is 0.270 e. The van der Waals surface area contributed by atoms with Crippen molar-refractivity contribution in [3.05, 3.63) is 62.2 Å². The normalized spacial score (nSPS) is 14.7. The Kier molecular flexibility index (Phi) is 8.35. The number of benzene rings is 2. The van der Waals surface area contributed by atoms with E-state index in [1.54, 1.807) is 6.07 Å². The molecule has 0 atom stereocenters. The quantitative estimate of drug-likeness (QED) is 0.290. The monoisotopic (exact) mass is 504 g/mol. The van der Waals surface area contributed by atoms with Gasteiger partial charge in [-0.1, -0.05) is 6.42 Å². The molecular formula is C22H28N6O6S. The first-order valence-electron chi connectivity index (χ1n) is 11.3. The van der Waals surface area contributed by atoms with Gasteiger partial charge in [-0.05, 0) is 38.8 Å². The first-order chi connectivity index (χ1) is 16.7. The van der Waals surface area contributed by atoms with Crippen LogP contribution in [0.15, 0.2) is 46.4 Å². The van der Waals surface area contributed by atoms with Crippen molar-refractivity contribution in [1.82, 2.24) is 4.31 Å². The molecule has 0 aromatic heterocycles. The van der Waals surface area contributed by atoms with Gasteiger partial charge >= 0.3 is 0 Å². The van der Waals surface area contributed by atoms with Gasteiger partial charge in [0.25, 0.3) is 11.4 Å². The van der Waals surface area contributed by atoms with Gasteiger partial charge in [0.15, 0.2) is 0 Å². The van der Waals surface area contributed by atoms with Crippen molar-refractivity contribution >= 4 is 39.0 Å². The van der Waals surface area contributed by atoms with E-state index in [4.69, 9.17) is 0 Å². The molecule has 188 valence electrons. The topological polar surface area (TPSA) is 151 Å². The fourth-order valence-electron chi connectivity index (χ4n) is 3.96. The average molecular weight is 505 g/mol. The van der Waals surface area contributed by atoms with Gasteiger partial charge in [0.1, 0.15) is 4.90 Å². The van der Waals surface area contributed by atoms with E-state index in [-0.39, 0.29) is 22.0 Å². The van der Waals surface area contributed by atoms with Crippen molar-refractivity contribution in [1.29, 1.82) is 0 Å². The highest BCUT2D eigenvalue weighted by atomic mass is 32.2. The van der Waals surface area contributed by atoms with Crippen LogP contribution in [0.25, 0.3) is 0 Å². The zero-order chi connectivity index (χ0) is 25.6. The number of hydrazone groups is 1. The number of hydrogen-bond acceptors (Lipinski definition) is 9. The average Bonchev–Trinajstić information content (AvgIpc) is 2.85. The molecule has 1 aliphatic heterocycles. The minimum absolute atomic E-state index is 0.0762. The number of nitro groups is 2. The van der Waals surface area contributed by atoms with Crippen LogP contribution in [0.5, 0.6) is 0 Å². The van der Waals surface area contributed by atoms with Crippen LogP contribution in [0.2, 0.25) is 0 Å². The van der Waals surface area contributed by atoms with Gasteiger partial charge in [-0.15, -0.1) is 0 Å². The van der Waals surface area contributed by atoms with E-state index in [0.29, 0.717) is 31.7 Å². The van der Waals surface area contributed by atoms with Gasteiger partial charge in [0.05, 0.1) is 21.7 Å². The zero-order valence-electron chi connectivity index (χ0n) is 19.6. The van der Waals surface area contributed by atoms with Crippen LogP contribution in [-0.4, -0.2) is 55.0 Å². The highest BCUT2D eigenvalue weighted by Gasteiger charge is 2.30. The highest BCUT2D eigenvalue weighted by Crippen LogP contribution is 2.31. The molecule has 0 spiro atoms. The van der Waals surface area contributed by atoms with Crippen molar-refractivity contribution < 1.29 is 18.3 Å². The first-order valence-corrected chi connectivity index (χ1v) is 12.7. The first kappa shape index (κ1) is 26.0. The number of nitrogens with one attached hydrogen (secondary N) is 1. The molecule has 1 N–H and O–H groups in total. The highest BCUT2D eigenvalue weighted by molar-refractivity contribution is 7.89. The number of sulfonamides is 1. The molecule has 0 saturated carbocycles. The fraction of sp³-hybridized carbons (Fsp3) is 0.409. The SMILES string of the molecule is CCN(CC)c1ccc([N+](=O)[O-])cc1/C=N\Nc1ccc([N+](=O)[O-])cc1S(=O)(=O)N1CCCCC1. The summed E-state index contributed by atoms with van der Waals surface area (Å²) in [6.45, 7) is 5.94. The lowest BCUT2D eigenvalue weighted by atomic mass is 10.1. The number of nitro benzene ring substituents is 2. The second-order valence-corrected chi connectivity index (χ2v) is 9.85. The van der Waals surface area contributed by atoms with Gasteiger partial charge in [0.2, 0.25) is 10.0 Å². The fourth-order valence-corrected chi connectivity index (χ4v) is 5.64. The molecule has 35 heavy (non-hydrogen) atoms. The van der Waals surface area contributed by atoms with Crippen molar-refractivity contribution in [2.45, 2.75) is 38.0 Å². The van der Waals surface area contributed by atoms with Gasteiger partial charge < -0.3 is 4.90 Å². The third-order valence-corrected chi connectivity index (χ3v) is 7.76. The van der Waals surface area contributed by atoms with E-state index in [1.807, 2.05) is 18.7 Å². The number of hydrogen-bond donors (Lipinski definition) is 1. The minimum atomic E-state index is -4.00. The molecule has 0 unspecified atom stereocenters. The summed E-state index contributed by atoms with van der Waals surface area (Å²) in [5.41, 5.74) is 3.50. The Morgan fingerprint density at radius 3 is 2.20 bits per heavy atom. The van der Waals surface area contributed by atoms with E-state index in [0.717, 1.165) is 31.0 Å². The second-order valence-electron chi connectivity index (χ2n) is 7.94. The molecule has 1 fully saturated rings. The Labute approximate surface area is 203 Å². The van der Waals surface area contributed by atoms with Crippen LogP contribution in [0, 0.1) is 20.2 Å². The summed E-state index contributed by atoms with van der Waals surface area (Å²) in [7, 11) is -4.00. The Hall–Kier alpha value is -3.58. The van der Waals surface area contributed by atoms with E-state index in [1.165, 1.54) is 34.8 Å². The third kappa shape index (κ3) is 5.92. The van der Waals surface area contributed by atoms with Crippen molar-refractivity contribution in [2.24, 2.45) is 5.10 Å². The predicted octanol–water partition coefficient (Wildman–Crippen LogP) is 3.97. The molecule has 1 saturated heterocycles. The number of nitrogens with zero attached hydrogens (tertiary/aromatic N) is 5. The molecule has 2 aromatic carbocycles. The van der Waals surface area contributed by atoms with E-state index in [9.17, 15) is 28.6 Å². The molecule has 3 rings (SSSR count). The number of rotatable bonds is 10. The van der Waals surface area contributed by atoms with Crippen LogP contribution in [0.3, 0.4) is 0 Å². The van der Waals surface area contributed by atoms with Crippen LogP contribution in [0.1, 0.15) is 38.7 Å². The molecule has 1 heterocycles. The van der Waals surface area contributed by atoms with E-state index < -0.39 is 19.9 Å². The van der Waals surface area contributed by atoms with Crippen LogP contribution in [-0.2, 0) is 10.0 Å². The Bertz CT molecular complexity index is 1220. The number of piperidine rings is 1. The maximum Gasteiger partial charge on any atom is 0.270 e. The Morgan fingerprint density at radius 1 is 1.00 bits per heavy atom. The predicted molar refractivity (Wildman–Crippen MR) is 134 cm³/mol. The maximum absolute atomic E-state index is 13.3. The maximum atomic E-state index is 13.3. The lowest BCUT2D eigenvalue weighted by Crippen LogP contribution is -2.35.